The lowest BCUT2D eigenvalue weighted by Crippen LogP contribution is -2.44. The van der Waals surface area contributed by atoms with E-state index in [0.29, 0.717) is 17.5 Å². The third-order valence-electron chi connectivity index (χ3n) is 2.93. The van der Waals surface area contributed by atoms with Gasteiger partial charge in [0.15, 0.2) is 0 Å². The van der Waals surface area contributed by atoms with E-state index in [1.54, 1.807) is 0 Å². The van der Waals surface area contributed by atoms with E-state index < -0.39 is 0 Å². The smallest absolute Gasteiger partial charge is 0.236 e. The van der Waals surface area contributed by atoms with Crippen LogP contribution in [-0.4, -0.2) is 18.5 Å². The lowest BCUT2D eigenvalue weighted by atomic mass is 10.1. The lowest BCUT2D eigenvalue weighted by molar-refractivity contribution is -0.123. The number of carbonyl (C=O) groups is 1. The summed E-state index contributed by atoms with van der Waals surface area (Å²) in [6, 6.07) is 7.53. The van der Waals surface area contributed by atoms with Gasteiger partial charge in [-0.3, -0.25) is 10.1 Å². The Labute approximate surface area is 120 Å². The molecule has 0 aliphatic rings. The van der Waals surface area contributed by atoms with Crippen LogP contribution in [0.3, 0.4) is 0 Å². The van der Waals surface area contributed by atoms with Crippen molar-refractivity contribution >= 4 is 17.5 Å². The molecule has 2 atom stereocenters. The van der Waals surface area contributed by atoms with Gasteiger partial charge in [-0.2, -0.15) is 0 Å². The predicted octanol–water partition coefficient (Wildman–Crippen LogP) is 3.15. The molecule has 0 aliphatic carbocycles. The molecule has 0 radical (unpaired) electrons. The lowest BCUT2D eigenvalue weighted by Gasteiger charge is -2.20. The first kappa shape index (κ1) is 16.0. The summed E-state index contributed by atoms with van der Waals surface area (Å²) in [5.74, 6) is 0.490. The van der Waals surface area contributed by atoms with Crippen LogP contribution in [0.15, 0.2) is 24.3 Å². The molecular weight excluding hydrogens is 260 g/mol. The highest BCUT2D eigenvalue weighted by Gasteiger charge is 2.16. The number of hydrogen-bond acceptors (Lipinski definition) is 2. The minimum atomic E-state index is -0.229. The molecule has 1 unspecified atom stereocenters. The largest absolute Gasteiger partial charge is 0.354 e. The number of rotatable bonds is 6. The molecule has 0 bridgehead atoms. The minimum absolute atomic E-state index is 0.0302. The zero-order valence-corrected chi connectivity index (χ0v) is 12.8. The van der Waals surface area contributed by atoms with Crippen LogP contribution in [-0.2, 0) is 4.79 Å². The summed E-state index contributed by atoms with van der Waals surface area (Å²) in [7, 11) is 0. The molecule has 0 aliphatic heterocycles. The van der Waals surface area contributed by atoms with Crippen molar-refractivity contribution in [3.05, 3.63) is 34.9 Å². The molecule has 0 heterocycles. The Morgan fingerprint density at radius 3 is 2.53 bits per heavy atom. The number of benzene rings is 1. The molecular formula is C15H23ClN2O. The van der Waals surface area contributed by atoms with Gasteiger partial charge in [0.25, 0.3) is 0 Å². The standard InChI is InChI=1S/C15H23ClN2O/c1-10(2)9-17-15(19)12(4)18-11(3)13-6-5-7-14(16)8-13/h5-8,10-12,18H,9H2,1-4H3,(H,17,19)/t11-,12?/m0/s1. The maximum atomic E-state index is 11.9. The molecule has 0 aromatic heterocycles. The fourth-order valence-corrected chi connectivity index (χ4v) is 1.98. The third kappa shape index (κ3) is 5.62. The predicted molar refractivity (Wildman–Crippen MR) is 80.3 cm³/mol. The molecule has 2 N–H and O–H groups in total. The van der Waals surface area contributed by atoms with Gasteiger partial charge >= 0.3 is 0 Å². The summed E-state index contributed by atoms with van der Waals surface area (Å²) < 4.78 is 0. The van der Waals surface area contributed by atoms with Crippen LogP contribution in [0.5, 0.6) is 0 Å². The second-order valence-electron chi connectivity index (χ2n) is 5.30. The number of nitrogens with one attached hydrogen (secondary N) is 2. The van der Waals surface area contributed by atoms with E-state index in [9.17, 15) is 4.79 Å². The molecule has 3 nitrogen and oxygen atoms in total. The van der Waals surface area contributed by atoms with Crippen molar-refractivity contribution in [3.8, 4) is 0 Å². The van der Waals surface area contributed by atoms with Crippen LogP contribution in [0.25, 0.3) is 0 Å². The van der Waals surface area contributed by atoms with Crippen LogP contribution in [0.1, 0.15) is 39.3 Å². The van der Waals surface area contributed by atoms with Gasteiger partial charge in [0.05, 0.1) is 6.04 Å². The summed E-state index contributed by atoms with van der Waals surface area (Å²) in [5, 5.41) is 6.91. The number of amides is 1. The van der Waals surface area contributed by atoms with E-state index in [2.05, 4.69) is 24.5 Å². The minimum Gasteiger partial charge on any atom is -0.354 e. The molecule has 106 valence electrons. The van der Waals surface area contributed by atoms with Crippen molar-refractivity contribution in [3.63, 3.8) is 0 Å². The van der Waals surface area contributed by atoms with Gasteiger partial charge in [-0.1, -0.05) is 37.6 Å². The van der Waals surface area contributed by atoms with E-state index in [1.807, 2.05) is 38.1 Å². The highest BCUT2D eigenvalue weighted by Crippen LogP contribution is 2.17. The zero-order chi connectivity index (χ0) is 14.4. The van der Waals surface area contributed by atoms with Crippen LogP contribution in [0, 0.1) is 5.92 Å². The normalized spacial score (nSPS) is 14.2. The van der Waals surface area contributed by atoms with E-state index in [1.165, 1.54) is 0 Å². The fraction of sp³-hybridized carbons (Fsp3) is 0.533. The topological polar surface area (TPSA) is 41.1 Å². The van der Waals surface area contributed by atoms with Crippen LogP contribution >= 0.6 is 11.6 Å². The average Bonchev–Trinajstić information content (AvgIpc) is 2.35. The second kappa shape index (κ2) is 7.51. The molecule has 0 saturated carbocycles. The fourth-order valence-electron chi connectivity index (χ4n) is 1.78. The van der Waals surface area contributed by atoms with Gasteiger partial charge in [-0.05, 0) is 37.5 Å². The monoisotopic (exact) mass is 282 g/mol. The molecule has 4 heteroatoms. The second-order valence-corrected chi connectivity index (χ2v) is 5.74. The van der Waals surface area contributed by atoms with E-state index >= 15 is 0 Å². The summed E-state index contributed by atoms with van der Waals surface area (Å²) >= 11 is 5.97. The van der Waals surface area contributed by atoms with E-state index in [0.717, 1.165) is 5.56 Å². The molecule has 0 saturated heterocycles. The van der Waals surface area contributed by atoms with Gasteiger partial charge in [-0.15, -0.1) is 0 Å². The maximum Gasteiger partial charge on any atom is 0.236 e. The van der Waals surface area contributed by atoms with Crippen LogP contribution in [0.4, 0.5) is 0 Å². The highest BCUT2D eigenvalue weighted by atomic mass is 35.5. The summed E-state index contributed by atoms with van der Waals surface area (Å²) in [5.41, 5.74) is 1.08. The average molecular weight is 283 g/mol. The molecule has 1 amide bonds. The van der Waals surface area contributed by atoms with Crippen LogP contribution < -0.4 is 10.6 Å². The van der Waals surface area contributed by atoms with Gasteiger partial charge in [0.2, 0.25) is 5.91 Å². The zero-order valence-electron chi connectivity index (χ0n) is 12.0. The first-order chi connectivity index (χ1) is 8.90. The number of carbonyl (C=O) groups excluding carboxylic acids is 1. The molecule has 0 spiro atoms. The van der Waals surface area contributed by atoms with Gasteiger partial charge in [0, 0.05) is 17.6 Å². The van der Waals surface area contributed by atoms with Crippen molar-refractivity contribution in [2.75, 3.05) is 6.54 Å². The van der Waals surface area contributed by atoms with Crippen molar-refractivity contribution in [1.29, 1.82) is 0 Å². The summed E-state index contributed by atoms with van der Waals surface area (Å²) in [6.07, 6.45) is 0. The Kier molecular flexibility index (Phi) is 6.32. The van der Waals surface area contributed by atoms with Gasteiger partial charge < -0.3 is 5.32 Å². The Balaban J connectivity index is 2.51. The third-order valence-corrected chi connectivity index (χ3v) is 3.16. The Morgan fingerprint density at radius 2 is 1.95 bits per heavy atom. The summed E-state index contributed by atoms with van der Waals surface area (Å²) in [6.45, 7) is 8.75. The molecule has 1 rings (SSSR count). The SMILES string of the molecule is CC(C)CNC(=O)C(C)N[C@@H](C)c1cccc(Cl)c1. The Hall–Kier alpha value is -1.06. The molecule has 1 aromatic rings. The quantitative estimate of drug-likeness (QED) is 0.841. The van der Waals surface area contributed by atoms with Crippen molar-refractivity contribution in [2.24, 2.45) is 5.92 Å². The van der Waals surface area contributed by atoms with Crippen molar-refractivity contribution in [1.82, 2.24) is 10.6 Å². The maximum absolute atomic E-state index is 11.9. The highest BCUT2D eigenvalue weighted by molar-refractivity contribution is 6.30. The van der Waals surface area contributed by atoms with Crippen molar-refractivity contribution in [2.45, 2.75) is 39.8 Å². The Morgan fingerprint density at radius 1 is 1.26 bits per heavy atom. The molecule has 19 heavy (non-hydrogen) atoms. The number of halogens is 1. The first-order valence-electron chi connectivity index (χ1n) is 6.69. The van der Waals surface area contributed by atoms with E-state index in [-0.39, 0.29) is 18.0 Å². The summed E-state index contributed by atoms with van der Waals surface area (Å²) in [4.78, 5) is 11.9. The first-order valence-corrected chi connectivity index (χ1v) is 7.07. The molecule has 0 fully saturated rings. The Bertz CT molecular complexity index is 420. The van der Waals surface area contributed by atoms with E-state index in [4.69, 9.17) is 11.6 Å². The number of hydrogen-bond donors (Lipinski definition) is 2. The van der Waals surface area contributed by atoms with Crippen LogP contribution in [0.2, 0.25) is 5.02 Å². The van der Waals surface area contributed by atoms with Crippen molar-refractivity contribution < 1.29 is 4.79 Å². The van der Waals surface area contributed by atoms with Gasteiger partial charge in [0.1, 0.15) is 0 Å². The molecule has 1 aromatic carbocycles. The van der Waals surface area contributed by atoms with Gasteiger partial charge in [-0.25, -0.2) is 0 Å².